The zero-order valence-corrected chi connectivity index (χ0v) is 10.9. The van der Waals surface area contributed by atoms with Gasteiger partial charge in [-0.25, -0.2) is 0 Å². The normalized spacial score (nSPS) is 10.1. The van der Waals surface area contributed by atoms with Gasteiger partial charge in [-0.2, -0.15) is 0 Å². The number of carbonyl (C=O) groups excluding carboxylic acids is 1. The number of hydrogen-bond donors (Lipinski definition) is 1. The topological polar surface area (TPSA) is 85.1 Å². The van der Waals surface area contributed by atoms with Crippen molar-refractivity contribution in [1.82, 2.24) is 10.3 Å². The summed E-state index contributed by atoms with van der Waals surface area (Å²) in [5.74, 6) is -0.240. The predicted octanol–water partition coefficient (Wildman–Crippen LogP) is 2.41. The first-order valence-corrected chi connectivity index (χ1v) is 6.11. The van der Waals surface area contributed by atoms with Gasteiger partial charge >= 0.3 is 0 Å². The Labute approximate surface area is 115 Å². The van der Waals surface area contributed by atoms with Crippen LogP contribution in [0.2, 0.25) is 0 Å². The molecule has 0 aliphatic rings. The lowest BCUT2D eigenvalue weighted by molar-refractivity contribution is -0.384. The molecule has 0 radical (unpaired) electrons. The summed E-state index contributed by atoms with van der Waals surface area (Å²) in [7, 11) is 0. The number of pyridine rings is 1. The Morgan fingerprint density at radius 1 is 1.25 bits per heavy atom. The molecule has 2 rings (SSSR count). The summed E-state index contributed by atoms with van der Waals surface area (Å²) in [4.78, 5) is 25.9. The van der Waals surface area contributed by atoms with Crippen molar-refractivity contribution in [2.45, 2.75) is 6.92 Å². The molecule has 1 amide bonds. The maximum atomic E-state index is 11.7. The molecular weight excluding hydrogens is 258 g/mol. The van der Waals surface area contributed by atoms with Crippen LogP contribution in [0.3, 0.4) is 0 Å². The molecule has 0 aliphatic carbocycles. The lowest BCUT2D eigenvalue weighted by Gasteiger charge is -2.05. The molecule has 0 saturated carbocycles. The average molecular weight is 271 g/mol. The maximum Gasteiger partial charge on any atom is 0.269 e. The lowest BCUT2D eigenvalue weighted by atomic mass is 10.1. The highest BCUT2D eigenvalue weighted by Gasteiger charge is 2.09. The molecule has 0 bridgehead atoms. The third kappa shape index (κ3) is 2.97. The molecule has 20 heavy (non-hydrogen) atoms. The lowest BCUT2D eigenvalue weighted by Crippen LogP contribution is -2.23. The first-order chi connectivity index (χ1) is 9.61. The Hall–Kier alpha value is -2.76. The number of nitro benzene ring substituents is 1. The summed E-state index contributed by atoms with van der Waals surface area (Å²) >= 11 is 0. The first kappa shape index (κ1) is 13.7. The first-order valence-electron chi connectivity index (χ1n) is 6.11. The van der Waals surface area contributed by atoms with E-state index in [4.69, 9.17) is 0 Å². The van der Waals surface area contributed by atoms with Crippen LogP contribution in [-0.2, 0) is 0 Å². The second kappa shape index (κ2) is 5.92. The quantitative estimate of drug-likeness (QED) is 0.683. The van der Waals surface area contributed by atoms with E-state index in [-0.39, 0.29) is 11.6 Å². The molecule has 1 N–H and O–H groups in total. The van der Waals surface area contributed by atoms with Gasteiger partial charge in [0.1, 0.15) is 5.69 Å². The van der Waals surface area contributed by atoms with Gasteiger partial charge in [-0.1, -0.05) is 0 Å². The minimum Gasteiger partial charge on any atom is -0.351 e. The van der Waals surface area contributed by atoms with Crippen LogP contribution < -0.4 is 5.32 Å². The molecular formula is C14H13N3O3. The SMILES string of the molecule is CCNC(=O)c1cc(-c2ccc([N+](=O)[O-])cc2)ccn1. The fraction of sp³-hybridized carbons (Fsp3) is 0.143. The fourth-order valence-corrected chi connectivity index (χ4v) is 1.76. The zero-order chi connectivity index (χ0) is 14.5. The van der Waals surface area contributed by atoms with Crippen molar-refractivity contribution in [2.75, 3.05) is 6.54 Å². The highest BCUT2D eigenvalue weighted by molar-refractivity contribution is 5.93. The van der Waals surface area contributed by atoms with Crippen molar-refractivity contribution in [2.24, 2.45) is 0 Å². The summed E-state index contributed by atoms with van der Waals surface area (Å²) in [6, 6.07) is 9.57. The van der Waals surface area contributed by atoms with Crippen LogP contribution in [-0.4, -0.2) is 22.4 Å². The van der Waals surface area contributed by atoms with Gasteiger partial charge in [0.05, 0.1) is 4.92 Å². The van der Waals surface area contributed by atoms with Gasteiger partial charge < -0.3 is 5.32 Å². The number of benzene rings is 1. The number of nitro groups is 1. The highest BCUT2D eigenvalue weighted by Crippen LogP contribution is 2.22. The second-order valence-corrected chi connectivity index (χ2v) is 4.09. The molecule has 0 unspecified atom stereocenters. The van der Waals surface area contributed by atoms with Crippen LogP contribution in [0.1, 0.15) is 17.4 Å². The van der Waals surface area contributed by atoms with E-state index in [9.17, 15) is 14.9 Å². The molecule has 0 fully saturated rings. The van der Waals surface area contributed by atoms with Crippen LogP contribution in [0.4, 0.5) is 5.69 Å². The Morgan fingerprint density at radius 2 is 1.95 bits per heavy atom. The predicted molar refractivity (Wildman–Crippen MR) is 74.3 cm³/mol. The number of rotatable bonds is 4. The van der Waals surface area contributed by atoms with E-state index < -0.39 is 4.92 Å². The minimum atomic E-state index is -0.448. The number of hydrogen-bond acceptors (Lipinski definition) is 4. The van der Waals surface area contributed by atoms with Crippen molar-refractivity contribution in [3.05, 3.63) is 58.4 Å². The van der Waals surface area contributed by atoms with Crippen LogP contribution in [0.5, 0.6) is 0 Å². The Bertz CT molecular complexity index is 638. The van der Waals surface area contributed by atoms with Crippen molar-refractivity contribution in [1.29, 1.82) is 0 Å². The fourth-order valence-electron chi connectivity index (χ4n) is 1.76. The van der Waals surface area contributed by atoms with Gasteiger partial charge in [-0.15, -0.1) is 0 Å². The van der Waals surface area contributed by atoms with E-state index in [2.05, 4.69) is 10.3 Å². The van der Waals surface area contributed by atoms with Crippen molar-refractivity contribution in [3.63, 3.8) is 0 Å². The number of non-ortho nitro benzene ring substituents is 1. The van der Waals surface area contributed by atoms with Crippen LogP contribution in [0, 0.1) is 10.1 Å². The monoisotopic (exact) mass is 271 g/mol. The molecule has 0 aliphatic heterocycles. The Kier molecular flexibility index (Phi) is 4.05. The van der Waals surface area contributed by atoms with E-state index >= 15 is 0 Å². The van der Waals surface area contributed by atoms with E-state index in [1.165, 1.54) is 12.1 Å². The van der Waals surface area contributed by atoms with Gasteiger partial charge in [0.2, 0.25) is 0 Å². The van der Waals surface area contributed by atoms with Gasteiger partial charge in [-0.3, -0.25) is 19.9 Å². The molecule has 6 nitrogen and oxygen atoms in total. The summed E-state index contributed by atoms with van der Waals surface area (Å²) < 4.78 is 0. The van der Waals surface area contributed by atoms with E-state index in [0.717, 1.165) is 11.1 Å². The maximum absolute atomic E-state index is 11.7. The average Bonchev–Trinajstić information content (AvgIpc) is 2.48. The molecule has 1 aromatic carbocycles. The largest absolute Gasteiger partial charge is 0.351 e. The number of carbonyl (C=O) groups is 1. The van der Waals surface area contributed by atoms with Crippen LogP contribution in [0.25, 0.3) is 11.1 Å². The molecule has 102 valence electrons. The van der Waals surface area contributed by atoms with Crippen molar-refractivity contribution < 1.29 is 9.72 Å². The molecule has 1 heterocycles. The van der Waals surface area contributed by atoms with E-state index in [1.54, 1.807) is 30.5 Å². The standard InChI is InChI=1S/C14H13N3O3/c1-2-15-14(18)13-9-11(7-8-16-13)10-3-5-12(6-4-10)17(19)20/h3-9H,2H2,1H3,(H,15,18). The van der Waals surface area contributed by atoms with Crippen LogP contribution in [0.15, 0.2) is 42.6 Å². The van der Waals surface area contributed by atoms with Crippen molar-refractivity contribution in [3.8, 4) is 11.1 Å². The highest BCUT2D eigenvalue weighted by atomic mass is 16.6. The molecule has 6 heteroatoms. The van der Waals surface area contributed by atoms with Crippen LogP contribution >= 0.6 is 0 Å². The number of amides is 1. The van der Waals surface area contributed by atoms with Gasteiger partial charge in [0.25, 0.3) is 11.6 Å². The third-order valence-electron chi connectivity index (χ3n) is 2.74. The van der Waals surface area contributed by atoms with Crippen molar-refractivity contribution >= 4 is 11.6 Å². The second-order valence-electron chi connectivity index (χ2n) is 4.09. The van der Waals surface area contributed by atoms with E-state index in [0.29, 0.717) is 12.2 Å². The number of aromatic nitrogens is 1. The number of nitrogens with one attached hydrogen (secondary N) is 1. The third-order valence-corrected chi connectivity index (χ3v) is 2.74. The molecule has 0 spiro atoms. The van der Waals surface area contributed by atoms with Gasteiger partial charge in [-0.05, 0) is 42.3 Å². The summed E-state index contributed by atoms with van der Waals surface area (Å²) in [6.45, 7) is 2.36. The Morgan fingerprint density at radius 3 is 2.55 bits per heavy atom. The minimum absolute atomic E-state index is 0.0340. The smallest absolute Gasteiger partial charge is 0.269 e. The van der Waals surface area contributed by atoms with E-state index in [1.807, 2.05) is 6.92 Å². The molecule has 0 saturated heterocycles. The summed E-state index contributed by atoms with van der Waals surface area (Å²) in [5.41, 5.74) is 1.94. The van der Waals surface area contributed by atoms with Gasteiger partial charge in [0, 0.05) is 24.9 Å². The van der Waals surface area contributed by atoms with Gasteiger partial charge in [0.15, 0.2) is 0 Å². The zero-order valence-electron chi connectivity index (χ0n) is 10.9. The number of nitrogens with zero attached hydrogens (tertiary/aromatic N) is 2. The molecule has 2 aromatic rings. The Balaban J connectivity index is 2.31. The summed E-state index contributed by atoms with van der Waals surface area (Å²) in [5, 5.41) is 13.3. The summed E-state index contributed by atoms with van der Waals surface area (Å²) in [6.07, 6.45) is 1.54. The molecule has 1 aromatic heterocycles. The molecule has 0 atom stereocenters.